The number of hydrogen-bond donors (Lipinski definition) is 1. The van der Waals surface area contributed by atoms with Gasteiger partial charge in [0.15, 0.2) is 0 Å². The number of hydrogen-bond acceptors (Lipinski definition) is 4. The number of alkyl halides is 3. The SMILES string of the molecule is CCN(c1cccc(C)c1)c1ccnc(Nc2ccc(C(F)(F)F)cc2)n1. The van der Waals surface area contributed by atoms with Crippen molar-refractivity contribution in [2.24, 2.45) is 0 Å². The van der Waals surface area contributed by atoms with E-state index in [0.717, 1.165) is 23.4 Å². The van der Waals surface area contributed by atoms with Gasteiger partial charge in [0.1, 0.15) is 5.82 Å². The third-order valence-corrected chi connectivity index (χ3v) is 4.02. The molecule has 0 saturated heterocycles. The summed E-state index contributed by atoms with van der Waals surface area (Å²) in [6.45, 7) is 4.75. The lowest BCUT2D eigenvalue weighted by Gasteiger charge is -2.22. The molecule has 0 fully saturated rings. The Morgan fingerprint density at radius 2 is 1.78 bits per heavy atom. The van der Waals surface area contributed by atoms with E-state index in [2.05, 4.69) is 21.4 Å². The highest BCUT2D eigenvalue weighted by Crippen LogP contribution is 2.30. The maximum absolute atomic E-state index is 12.7. The summed E-state index contributed by atoms with van der Waals surface area (Å²) in [6, 6.07) is 14.6. The van der Waals surface area contributed by atoms with Crippen molar-refractivity contribution in [3.05, 3.63) is 71.9 Å². The first-order valence-corrected chi connectivity index (χ1v) is 8.48. The third-order valence-electron chi connectivity index (χ3n) is 4.02. The molecule has 1 heterocycles. The Labute approximate surface area is 155 Å². The van der Waals surface area contributed by atoms with Crippen LogP contribution in [0.3, 0.4) is 0 Å². The maximum atomic E-state index is 12.7. The molecule has 3 rings (SSSR count). The lowest BCUT2D eigenvalue weighted by atomic mass is 10.2. The molecule has 3 aromatic rings. The topological polar surface area (TPSA) is 41.1 Å². The Morgan fingerprint density at radius 1 is 1.04 bits per heavy atom. The lowest BCUT2D eigenvalue weighted by Crippen LogP contribution is -2.18. The molecule has 1 N–H and O–H groups in total. The van der Waals surface area contributed by atoms with Crippen LogP contribution in [0.1, 0.15) is 18.1 Å². The number of aromatic nitrogens is 2. The second-order valence-corrected chi connectivity index (χ2v) is 6.02. The molecule has 0 amide bonds. The van der Waals surface area contributed by atoms with E-state index in [1.165, 1.54) is 12.1 Å². The van der Waals surface area contributed by atoms with Crippen LogP contribution in [0, 0.1) is 6.92 Å². The number of nitrogens with one attached hydrogen (secondary N) is 1. The molecule has 0 saturated carbocycles. The van der Waals surface area contributed by atoms with Gasteiger partial charge in [0.25, 0.3) is 0 Å². The molecule has 0 radical (unpaired) electrons. The fourth-order valence-electron chi connectivity index (χ4n) is 2.70. The Kier molecular flexibility index (Phi) is 5.30. The van der Waals surface area contributed by atoms with Crippen molar-refractivity contribution in [1.82, 2.24) is 9.97 Å². The average molecular weight is 372 g/mol. The maximum Gasteiger partial charge on any atom is 0.416 e. The van der Waals surface area contributed by atoms with E-state index in [0.29, 0.717) is 24.0 Å². The first-order valence-electron chi connectivity index (χ1n) is 8.48. The van der Waals surface area contributed by atoms with Crippen molar-refractivity contribution in [3.63, 3.8) is 0 Å². The van der Waals surface area contributed by atoms with Crippen LogP contribution in [0.25, 0.3) is 0 Å². The highest BCUT2D eigenvalue weighted by atomic mass is 19.4. The van der Waals surface area contributed by atoms with E-state index in [9.17, 15) is 13.2 Å². The smallest absolute Gasteiger partial charge is 0.326 e. The number of aryl methyl sites for hydroxylation is 1. The second kappa shape index (κ2) is 7.65. The number of nitrogens with zero attached hydrogens (tertiary/aromatic N) is 3. The van der Waals surface area contributed by atoms with Crippen LogP contribution in [0.2, 0.25) is 0 Å². The molecule has 0 aliphatic rings. The van der Waals surface area contributed by atoms with E-state index < -0.39 is 11.7 Å². The van der Waals surface area contributed by atoms with Crippen LogP contribution < -0.4 is 10.2 Å². The Hall–Kier alpha value is -3.09. The molecule has 0 bridgehead atoms. The van der Waals surface area contributed by atoms with Crippen LogP contribution in [-0.2, 0) is 6.18 Å². The van der Waals surface area contributed by atoms with Gasteiger partial charge in [0.2, 0.25) is 5.95 Å². The quantitative estimate of drug-likeness (QED) is 0.623. The van der Waals surface area contributed by atoms with Crippen molar-refractivity contribution in [2.45, 2.75) is 20.0 Å². The van der Waals surface area contributed by atoms with E-state index in [4.69, 9.17) is 0 Å². The van der Waals surface area contributed by atoms with Crippen molar-refractivity contribution in [1.29, 1.82) is 0 Å². The highest BCUT2D eigenvalue weighted by Gasteiger charge is 2.29. The normalized spacial score (nSPS) is 11.3. The Bertz CT molecular complexity index is 908. The van der Waals surface area contributed by atoms with Gasteiger partial charge in [-0.25, -0.2) is 4.98 Å². The summed E-state index contributed by atoms with van der Waals surface area (Å²) in [5.74, 6) is 1.02. The number of rotatable bonds is 5. The Morgan fingerprint density at radius 3 is 2.41 bits per heavy atom. The number of halogens is 3. The minimum absolute atomic E-state index is 0.318. The molecular weight excluding hydrogens is 353 g/mol. The molecule has 7 heteroatoms. The zero-order valence-electron chi connectivity index (χ0n) is 15.0. The van der Waals surface area contributed by atoms with E-state index in [-0.39, 0.29) is 0 Å². The molecule has 0 aliphatic heterocycles. The zero-order valence-corrected chi connectivity index (χ0v) is 15.0. The van der Waals surface area contributed by atoms with Gasteiger partial charge in [-0.1, -0.05) is 12.1 Å². The molecule has 27 heavy (non-hydrogen) atoms. The second-order valence-electron chi connectivity index (χ2n) is 6.02. The highest BCUT2D eigenvalue weighted by molar-refractivity contribution is 5.62. The lowest BCUT2D eigenvalue weighted by molar-refractivity contribution is -0.137. The molecule has 4 nitrogen and oxygen atoms in total. The fourth-order valence-corrected chi connectivity index (χ4v) is 2.70. The van der Waals surface area contributed by atoms with Crippen molar-refractivity contribution in [3.8, 4) is 0 Å². The Balaban J connectivity index is 1.82. The fraction of sp³-hybridized carbons (Fsp3) is 0.200. The molecular formula is C20H19F3N4. The molecule has 0 aliphatic carbocycles. The van der Waals surface area contributed by atoms with Gasteiger partial charge in [-0.2, -0.15) is 18.2 Å². The van der Waals surface area contributed by atoms with E-state index in [1.807, 2.05) is 36.9 Å². The number of benzene rings is 2. The monoisotopic (exact) mass is 372 g/mol. The average Bonchev–Trinajstić information content (AvgIpc) is 2.62. The molecule has 2 aromatic carbocycles. The molecule has 0 unspecified atom stereocenters. The van der Waals surface area contributed by atoms with Crippen LogP contribution >= 0.6 is 0 Å². The summed E-state index contributed by atoms with van der Waals surface area (Å²) in [5.41, 5.74) is 1.94. The standard InChI is InChI=1S/C20H19F3N4/c1-3-27(17-6-4-5-14(2)13-17)18-11-12-24-19(26-18)25-16-9-7-15(8-10-16)20(21,22)23/h4-13H,3H2,1-2H3,(H,24,25,26). The van der Waals surface area contributed by atoms with E-state index in [1.54, 1.807) is 12.3 Å². The molecule has 140 valence electrons. The summed E-state index contributed by atoms with van der Waals surface area (Å²) in [5, 5.41) is 2.95. The van der Waals surface area contributed by atoms with Gasteiger partial charge in [-0.05, 0) is 61.9 Å². The van der Waals surface area contributed by atoms with Gasteiger partial charge in [-0.3, -0.25) is 0 Å². The summed E-state index contributed by atoms with van der Waals surface area (Å²) < 4.78 is 38.0. The van der Waals surface area contributed by atoms with Crippen LogP contribution in [-0.4, -0.2) is 16.5 Å². The number of anilines is 4. The van der Waals surface area contributed by atoms with Crippen molar-refractivity contribution in [2.75, 3.05) is 16.8 Å². The van der Waals surface area contributed by atoms with Crippen molar-refractivity contribution < 1.29 is 13.2 Å². The van der Waals surface area contributed by atoms with Crippen LogP contribution in [0.15, 0.2) is 60.8 Å². The largest absolute Gasteiger partial charge is 0.416 e. The van der Waals surface area contributed by atoms with Crippen LogP contribution in [0.5, 0.6) is 0 Å². The van der Waals surface area contributed by atoms with Gasteiger partial charge in [-0.15, -0.1) is 0 Å². The summed E-state index contributed by atoms with van der Waals surface area (Å²) in [4.78, 5) is 10.7. The first-order chi connectivity index (χ1) is 12.9. The first kappa shape index (κ1) is 18.7. The third kappa shape index (κ3) is 4.55. The van der Waals surface area contributed by atoms with Gasteiger partial charge < -0.3 is 10.2 Å². The zero-order chi connectivity index (χ0) is 19.4. The predicted molar refractivity (Wildman–Crippen MR) is 101 cm³/mol. The summed E-state index contributed by atoms with van der Waals surface area (Å²) >= 11 is 0. The van der Waals surface area contributed by atoms with Gasteiger partial charge >= 0.3 is 6.18 Å². The molecule has 0 spiro atoms. The van der Waals surface area contributed by atoms with Gasteiger partial charge in [0.05, 0.1) is 5.56 Å². The molecule has 0 atom stereocenters. The minimum atomic E-state index is -4.36. The van der Waals surface area contributed by atoms with Crippen molar-refractivity contribution >= 4 is 23.1 Å². The minimum Gasteiger partial charge on any atom is -0.326 e. The van der Waals surface area contributed by atoms with Gasteiger partial charge in [0, 0.05) is 24.1 Å². The summed E-state index contributed by atoms with van der Waals surface area (Å²) in [7, 11) is 0. The predicted octanol–water partition coefficient (Wildman–Crippen LogP) is 5.71. The van der Waals surface area contributed by atoms with Crippen LogP contribution in [0.4, 0.5) is 36.3 Å². The van der Waals surface area contributed by atoms with E-state index >= 15 is 0 Å². The summed E-state index contributed by atoms with van der Waals surface area (Å²) in [6.07, 6.45) is -2.74. The molecule has 1 aromatic heterocycles.